The zero-order valence-corrected chi connectivity index (χ0v) is 28.7. The number of benzene rings is 3. The number of ketones is 1. The summed E-state index contributed by atoms with van der Waals surface area (Å²) >= 11 is 0. The zero-order valence-electron chi connectivity index (χ0n) is 28.7. The van der Waals surface area contributed by atoms with Gasteiger partial charge in [0.15, 0.2) is 5.78 Å². The Hall–Kier alpha value is -2.61. The molecule has 6 heteroatoms. The number of piperazine rings is 1. The summed E-state index contributed by atoms with van der Waals surface area (Å²) in [6.45, 7) is 13.4. The average molecular weight is 600 g/mol. The zero-order chi connectivity index (χ0) is 31.8. The van der Waals surface area contributed by atoms with Gasteiger partial charge >= 0.3 is 0 Å². The quantitative estimate of drug-likeness (QED) is 0.216. The van der Waals surface area contributed by atoms with Crippen molar-refractivity contribution in [1.82, 2.24) is 24.5 Å². The second-order valence-corrected chi connectivity index (χ2v) is 13.9. The lowest BCUT2D eigenvalue weighted by atomic mass is 9.96. The number of Topliss-reactive ketones (excluding diaryl/α,β-unsaturated/α-hetero) is 1. The van der Waals surface area contributed by atoms with E-state index in [1.54, 1.807) is 0 Å². The summed E-state index contributed by atoms with van der Waals surface area (Å²) in [6, 6.07) is 22.5. The average Bonchev–Trinajstić information content (AvgIpc) is 2.98. The fraction of sp³-hybridized carbons (Fsp3) is 0.553. The highest BCUT2D eigenvalue weighted by Gasteiger charge is 2.34. The van der Waals surface area contributed by atoms with Gasteiger partial charge in [-0.2, -0.15) is 0 Å². The summed E-state index contributed by atoms with van der Waals surface area (Å²) in [7, 11) is 11.0. The van der Waals surface area contributed by atoms with E-state index in [4.69, 9.17) is 0 Å². The third-order valence-electron chi connectivity index (χ3n) is 9.64. The monoisotopic (exact) mass is 599 g/mol. The SMILES string of the molecule is Cc1ccc(C[C@H](CN2C[C@@H](C)N(CC(=O)c3ccc4ccccc4c3)C[C@@H]2CCCN(C)CCN(C)C)N(C)C)c(C)c1. The summed E-state index contributed by atoms with van der Waals surface area (Å²) in [5.74, 6) is 0.222. The molecule has 1 heterocycles. The Labute approximate surface area is 267 Å². The van der Waals surface area contributed by atoms with Gasteiger partial charge in [-0.1, -0.05) is 60.2 Å². The molecule has 44 heavy (non-hydrogen) atoms. The van der Waals surface area contributed by atoms with Crippen molar-refractivity contribution >= 4 is 16.6 Å². The summed E-state index contributed by atoms with van der Waals surface area (Å²) in [5, 5.41) is 2.31. The van der Waals surface area contributed by atoms with E-state index in [-0.39, 0.29) is 5.78 Å². The third-order valence-corrected chi connectivity index (χ3v) is 9.64. The van der Waals surface area contributed by atoms with Gasteiger partial charge in [0.2, 0.25) is 0 Å². The maximum Gasteiger partial charge on any atom is 0.176 e. The van der Waals surface area contributed by atoms with E-state index < -0.39 is 0 Å². The molecule has 4 rings (SSSR count). The van der Waals surface area contributed by atoms with Gasteiger partial charge in [0.05, 0.1) is 6.54 Å². The molecule has 1 saturated heterocycles. The molecule has 0 saturated carbocycles. The molecule has 0 spiro atoms. The molecule has 3 atom stereocenters. The Kier molecular flexibility index (Phi) is 12.5. The maximum absolute atomic E-state index is 13.6. The number of fused-ring (bicyclic) bond motifs is 1. The second kappa shape index (κ2) is 16.1. The van der Waals surface area contributed by atoms with E-state index in [1.165, 1.54) is 22.1 Å². The smallest absolute Gasteiger partial charge is 0.176 e. The molecular formula is C38H57N5O. The van der Waals surface area contributed by atoms with Crippen molar-refractivity contribution in [3.8, 4) is 0 Å². The number of hydrogen-bond donors (Lipinski definition) is 0. The molecule has 0 N–H and O–H groups in total. The minimum Gasteiger partial charge on any atom is -0.308 e. The second-order valence-electron chi connectivity index (χ2n) is 13.9. The Morgan fingerprint density at radius 3 is 2.32 bits per heavy atom. The number of nitrogens with zero attached hydrogens (tertiary/aromatic N) is 5. The van der Waals surface area contributed by atoms with Crippen molar-refractivity contribution < 1.29 is 4.79 Å². The van der Waals surface area contributed by atoms with Crippen molar-refractivity contribution in [3.05, 3.63) is 82.9 Å². The standard InChI is InChI=1S/C38H57N5O/c1-29-15-16-33(30(2)22-29)24-37(40(6)7)27-43-25-31(3)42(26-36(43)14-11-19-41(8)21-20-39(4)5)28-38(44)35-18-17-32-12-9-10-13-34(32)23-35/h9-10,12-13,15-18,22-23,31,36-37H,11,14,19-21,24-28H2,1-8H3/t31-,36+,37-/m1/s1. The van der Waals surface area contributed by atoms with Gasteiger partial charge in [0, 0.05) is 56.4 Å². The van der Waals surface area contributed by atoms with Crippen LogP contribution in [0.2, 0.25) is 0 Å². The summed E-state index contributed by atoms with van der Waals surface area (Å²) in [4.78, 5) is 25.9. The first-order valence-corrected chi connectivity index (χ1v) is 16.6. The van der Waals surface area contributed by atoms with Crippen molar-refractivity contribution in [2.45, 2.75) is 58.2 Å². The van der Waals surface area contributed by atoms with Crippen LogP contribution in [0.1, 0.15) is 46.8 Å². The molecule has 0 aromatic heterocycles. The van der Waals surface area contributed by atoms with Gasteiger partial charge < -0.3 is 14.7 Å². The molecule has 0 aliphatic carbocycles. The first kappa shape index (κ1) is 34.3. The van der Waals surface area contributed by atoms with Crippen LogP contribution in [0, 0.1) is 13.8 Å². The Morgan fingerprint density at radius 1 is 0.864 bits per heavy atom. The molecule has 1 aliphatic rings. The van der Waals surface area contributed by atoms with Crippen molar-refractivity contribution in [2.24, 2.45) is 0 Å². The molecule has 0 radical (unpaired) electrons. The van der Waals surface area contributed by atoms with Crippen LogP contribution in [0.4, 0.5) is 0 Å². The number of likely N-dealkylation sites (N-methyl/N-ethyl adjacent to an activating group) is 3. The van der Waals surface area contributed by atoms with E-state index >= 15 is 0 Å². The highest BCUT2D eigenvalue weighted by atomic mass is 16.1. The molecule has 0 amide bonds. The minimum atomic E-state index is 0.222. The van der Waals surface area contributed by atoms with Gasteiger partial charge in [-0.15, -0.1) is 0 Å². The number of aryl methyl sites for hydroxylation is 2. The van der Waals surface area contributed by atoms with Crippen molar-refractivity contribution in [1.29, 1.82) is 0 Å². The molecule has 6 nitrogen and oxygen atoms in total. The molecule has 3 aromatic carbocycles. The molecule has 0 bridgehead atoms. The van der Waals surface area contributed by atoms with Crippen LogP contribution in [0.5, 0.6) is 0 Å². The lowest BCUT2D eigenvalue weighted by Crippen LogP contribution is -2.60. The van der Waals surface area contributed by atoms with Gasteiger partial charge in [-0.3, -0.25) is 14.6 Å². The van der Waals surface area contributed by atoms with Gasteiger partial charge in [0.25, 0.3) is 0 Å². The largest absolute Gasteiger partial charge is 0.308 e. The first-order valence-electron chi connectivity index (χ1n) is 16.6. The van der Waals surface area contributed by atoms with E-state index in [9.17, 15) is 4.79 Å². The predicted molar refractivity (Wildman–Crippen MR) is 187 cm³/mol. The van der Waals surface area contributed by atoms with E-state index in [0.717, 1.165) is 69.5 Å². The molecule has 240 valence electrons. The Morgan fingerprint density at radius 2 is 1.61 bits per heavy atom. The lowest BCUT2D eigenvalue weighted by molar-refractivity contribution is 0.0171. The van der Waals surface area contributed by atoms with Gasteiger partial charge in [0.1, 0.15) is 0 Å². The number of hydrogen-bond acceptors (Lipinski definition) is 6. The van der Waals surface area contributed by atoms with Crippen LogP contribution in [-0.4, -0.2) is 129 Å². The Bertz CT molecular complexity index is 1350. The van der Waals surface area contributed by atoms with Gasteiger partial charge in [-0.05, 0) is 110 Å². The Balaban J connectivity index is 1.47. The predicted octanol–water partition coefficient (Wildman–Crippen LogP) is 5.46. The van der Waals surface area contributed by atoms with Crippen LogP contribution in [0.3, 0.4) is 0 Å². The fourth-order valence-electron chi connectivity index (χ4n) is 6.62. The summed E-state index contributed by atoms with van der Waals surface area (Å²) in [6.07, 6.45) is 3.35. The third kappa shape index (κ3) is 9.69. The van der Waals surface area contributed by atoms with E-state index in [2.05, 4.69) is 123 Å². The van der Waals surface area contributed by atoms with E-state index in [1.807, 2.05) is 18.2 Å². The normalized spacial score (nSPS) is 19.0. The van der Waals surface area contributed by atoms with Gasteiger partial charge in [-0.25, -0.2) is 0 Å². The highest BCUT2D eigenvalue weighted by molar-refractivity contribution is 6.01. The van der Waals surface area contributed by atoms with Crippen molar-refractivity contribution in [3.63, 3.8) is 0 Å². The van der Waals surface area contributed by atoms with Crippen LogP contribution in [0.25, 0.3) is 10.8 Å². The summed E-state index contributed by atoms with van der Waals surface area (Å²) in [5.41, 5.74) is 4.98. The first-order chi connectivity index (χ1) is 21.0. The number of carbonyl (C=O) groups excluding carboxylic acids is 1. The van der Waals surface area contributed by atoms with Crippen LogP contribution in [0.15, 0.2) is 60.7 Å². The lowest BCUT2D eigenvalue weighted by Gasteiger charge is -2.47. The van der Waals surface area contributed by atoms with Crippen LogP contribution in [-0.2, 0) is 6.42 Å². The number of rotatable bonds is 15. The minimum absolute atomic E-state index is 0.222. The number of carbonyl (C=O) groups is 1. The molecule has 0 unspecified atom stereocenters. The molecular weight excluding hydrogens is 542 g/mol. The van der Waals surface area contributed by atoms with E-state index in [0.29, 0.717) is 24.7 Å². The molecule has 1 fully saturated rings. The fourth-order valence-corrected chi connectivity index (χ4v) is 6.62. The highest BCUT2D eigenvalue weighted by Crippen LogP contribution is 2.23. The van der Waals surface area contributed by atoms with Crippen LogP contribution >= 0.6 is 0 Å². The van der Waals surface area contributed by atoms with Crippen molar-refractivity contribution in [2.75, 3.05) is 81.1 Å². The molecule has 3 aromatic rings. The van der Waals surface area contributed by atoms with Crippen LogP contribution < -0.4 is 0 Å². The topological polar surface area (TPSA) is 33.3 Å². The maximum atomic E-state index is 13.6. The molecule has 1 aliphatic heterocycles. The summed E-state index contributed by atoms with van der Waals surface area (Å²) < 4.78 is 0.